The van der Waals surface area contributed by atoms with Crippen LogP contribution in [0.1, 0.15) is 25.5 Å². The minimum absolute atomic E-state index is 0.0643. The lowest BCUT2D eigenvalue weighted by molar-refractivity contribution is 0.243. The number of aliphatic hydroxyl groups excluding tert-OH is 1. The molecule has 0 fully saturated rings. The lowest BCUT2D eigenvalue weighted by atomic mass is 10.1. The van der Waals surface area contributed by atoms with Crippen LogP contribution in [-0.2, 0) is 0 Å². The predicted molar refractivity (Wildman–Crippen MR) is 64.6 cm³/mol. The molecule has 1 rings (SSSR count). The van der Waals surface area contributed by atoms with E-state index in [0.717, 1.165) is 5.56 Å². The summed E-state index contributed by atoms with van der Waals surface area (Å²) in [6, 6.07) is 5.75. The molecule has 84 valence electrons. The Bertz CT molecular complexity index is 330. The molecule has 0 aliphatic rings. The highest BCUT2D eigenvalue weighted by molar-refractivity contribution is 6.42. The second-order valence-electron chi connectivity index (χ2n) is 3.65. The Balaban J connectivity index is 2.73. The van der Waals surface area contributed by atoms with E-state index in [9.17, 15) is 0 Å². The minimum atomic E-state index is 0.0643. The van der Waals surface area contributed by atoms with Gasteiger partial charge >= 0.3 is 0 Å². The maximum atomic E-state index is 8.92. The van der Waals surface area contributed by atoms with E-state index in [4.69, 9.17) is 28.3 Å². The summed E-state index contributed by atoms with van der Waals surface area (Å²) in [6.07, 6.45) is 0. The average molecular weight is 248 g/mol. The highest BCUT2D eigenvalue weighted by Gasteiger charge is 2.09. The number of benzene rings is 1. The third kappa shape index (κ3) is 3.65. The molecule has 0 unspecified atom stereocenters. The van der Waals surface area contributed by atoms with Crippen molar-refractivity contribution in [1.82, 2.24) is 5.32 Å². The summed E-state index contributed by atoms with van der Waals surface area (Å²) in [4.78, 5) is 0. The molecular weight excluding hydrogens is 233 g/mol. The van der Waals surface area contributed by atoms with Crippen LogP contribution in [0.2, 0.25) is 10.0 Å². The predicted octanol–water partition coefficient (Wildman–Crippen LogP) is 3.02. The Morgan fingerprint density at radius 3 is 2.47 bits per heavy atom. The number of aliphatic hydroxyl groups is 1. The topological polar surface area (TPSA) is 32.3 Å². The Kier molecular flexibility index (Phi) is 4.87. The van der Waals surface area contributed by atoms with Gasteiger partial charge in [0.05, 0.1) is 16.7 Å². The van der Waals surface area contributed by atoms with Crippen molar-refractivity contribution in [2.24, 2.45) is 0 Å². The average Bonchev–Trinajstić information content (AvgIpc) is 2.21. The van der Waals surface area contributed by atoms with E-state index in [1.807, 2.05) is 26.0 Å². The second-order valence-corrected chi connectivity index (χ2v) is 4.46. The van der Waals surface area contributed by atoms with E-state index in [2.05, 4.69) is 5.32 Å². The third-order valence-electron chi connectivity index (χ3n) is 2.25. The smallest absolute Gasteiger partial charge is 0.0595 e. The molecule has 0 radical (unpaired) electrons. The number of halogens is 2. The zero-order valence-corrected chi connectivity index (χ0v) is 10.3. The molecular formula is C11H15Cl2NO. The fraction of sp³-hybridized carbons (Fsp3) is 0.455. The molecule has 1 aromatic carbocycles. The number of hydrogen-bond donors (Lipinski definition) is 2. The Morgan fingerprint density at radius 1 is 1.27 bits per heavy atom. The first kappa shape index (κ1) is 12.8. The summed E-state index contributed by atoms with van der Waals surface area (Å²) in [5.74, 6) is 0. The summed E-state index contributed by atoms with van der Waals surface area (Å²) >= 11 is 11.7. The van der Waals surface area contributed by atoms with Crippen molar-refractivity contribution in [2.75, 3.05) is 6.61 Å². The molecule has 2 atom stereocenters. The Labute approximate surface area is 100 Å². The van der Waals surface area contributed by atoms with Crippen molar-refractivity contribution in [2.45, 2.75) is 25.9 Å². The number of nitrogens with one attached hydrogen (secondary N) is 1. The molecule has 0 spiro atoms. The fourth-order valence-electron chi connectivity index (χ4n) is 1.36. The fourth-order valence-corrected chi connectivity index (χ4v) is 1.66. The van der Waals surface area contributed by atoms with Crippen molar-refractivity contribution >= 4 is 23.2 Å². The monoisotopic (exact) mass is 247 g/mol. The maximum Gasteiger partial charge on any atom is 0.0595 e. The van der Waals surface area contributed by atoms with Gasteiger partial charge in [-0.25, -0.2) is 0 Å². The first-order valence-corrected chi connectivity index (χ1v) is 5.62. The van der Waals surface area contributed by atoms with Crippen LogP contribution in [0.4, 0.5) is 0 Å². The van der Waals surface area contributed by atoms with Crippen LogP contribution in [-0.4, -0.2) is 17.8 Å². The molecule has 2 N–H and O–H groups in total. The molecule has 2 nitrogen and oxygen atoms in total. The normalized spacial score (nSPS) is 15.0. The van der Waals surface area contributed by atoms with Gasteiger partial charge in [0.25, 0.3) is 0 Å². The van der Waals surface area contributed by atoms with Gasteiger partial charge in [0.15, 0.2) is 0 Å². The van der Waals surface area contributed by atoms with Crippen LogP contribution in [0, 0.1) is 0 Å². The first-order valence-electron chi connectivity index (χ1n) is 4.86. The van der Waals surface area contributed by atoms with Crippen LogP contribution in [0.5, 0.6) is 0 Å². The minimum Gasteiger partial charge on any atom is -0.395 e. The van der Waals surface area contributed by atoms with Gasteiger partial charge < -0.3 is 10.4 Å². The van der Waals surface area contributed by atoms with E-state index < -0.39 is 0 Å². The Hall–Kier alpha value is -0.280. The molecule has 0 aliphatic carbocycles. The summed E-state index contributed by atoms with van der Waals surface area (Å²) < 4.78 is 0. The summed E-state index contributed by atoms with van der Waals surface area (Å²) in [7, 11) is 0. The van der Waals surface area contributed by atoms with Crippen LogP contribution in [0.25, 0.3) is 0 Å². The van der Waals surface area contributed by atoms with Crippen molar-refractivity contribution < 1.29 is 5.11 Å². The standard InChI is InChI=1S/C11H15Cl2NO/c1-7(6-15)14-8(2)9-3-4-10(12)11(13)5-9/h3-5,7-8,14-15H,6H2,1-2H3/t7-,8-/m0/s1. The molecule has 0 amide bonds. The zero-order valence-electron chi connectivity index (χ0n) is 8.80. The van der Waals surface area contributed by atoms with E-state index in [0.29, 0.717) is 10.0 Å². The maximum absolute atomic E-state index is 8.92. The lowest BCUT2D eigenvalue weighted by Gasteiger charge is -2.19. The van der Waals surface area contributed by atoms with Crippen LogP contribution in [0.15, 0.2) is 18.2 Å². The zero-order chi connectivity index (χ0) is 11.4. The largest absolute Gasteiger partial charge is 0.395 e. The lowest BCUT2D eigenvalue weighted by Crippen LogP contribution is -2.31. The molecule has 1 aromatic rings. The molecule has 4 heteroatoms. The van der Waals surface area contributed by atoms with Gasteiger partial charge in [-0.15, -0.1) is 0 Å². The van der Waals surface area contributed by atoms with Gasteiger partial charge in [-0.05, 0) is 31.5 Å². The van der Waals surface area contributed by atoms with E-state index in [1.165, 1.54) is 0 Å². The second kappa shape index (κ2) is 5.71. The van der Waals surface area contributed by atoms with Gasteiger partial charge in [0.1, 0.15) is 0 Å². The molecule has 0 saturated carbocycles. The number of hydrogen-bond acceptors (Lipinski definition) is 2. The van der Waals surface area contributed by atoms with Crippen molar-refractivity contribution in [3.05, 3.63) is 33.8 Å². The molecule has 0 aromatic heterocycles. The van der Waals surface area contributed by atoms with E-state index in [-0.39, 0.29) is 18.7 Å². The van der Waals surface area contributed by atoms with Gasteiger partial charge in [-0.3, -0.25) is 0 Å². The van der Waals surface area contributed by atoms with Crippen LogP contribution in [0.3, 0.4) is 0 Å². The first-order chi connectivity index (χ1) is 7.04. The molecule has 0 aliphatic heterocycles. The van der Waals surface area contributed by atoms with Crippen LogP contribution < -0.4 is 5.32 Å². The van der Waals surface area contributed by atoms with E-state index in [1.54, 1.807) is 6.07 Å². The van der Waals surface area contributed by atoms with Crippen molar-refractivity contribution in [1.29, 1.82) is 0 Å². The summed E-state index contributed by atoms with van der Waals surface area (Å²) in [5, 5.41) is 13.3. The van der Waals surface area contributed by atoms with Gasteiger partial charge in [-0.2, -0.15) is 0 Å². The highest BCUT2D eigenvalue weighted by Crippen LogP contribution is 2.25. The van der Waals surface area contributed by atoms with Gasteiger partial charge in [-0.1, -0.05) is 29.3 Å². The van der Waals surface area contributed by atoms with Gasteiger partial charge in [0, 0.05) is 12.1 Å². The Morgan fingerprint density at radius 2 is 1.93 bits per heavy atom. The molecule has 15 heavy (non-hydrogen) atoms. The SMILES string of the molecule is C[C@H](N[C@@H](C)CO)c1ccc(Cl)c(Cl)c1. The molecule has 0 saturated heterocycles. The quantitative estimate of drug-likeness (QED) is 0.858. The number of rotatable bonds is 4. The third-order valence-corrected chi connectivity index (χ3v) is 2.99. The van der Waals surface area contributed by atoms with Crippen molar-refractivity contribution in [3.63, 3.8) is 0 Å². The molecule has 0 heterocycles. The van der Waals surface area contributed by atoms with Crippen LogP contribution >= 0.6 is 23.2 Å². The molecule has 0 bridgehead atoms. The highest BCUT2D eigenvalue weighted by atomic mass is 35.5. The van der Waals surface area contributed by atoms with E-state index >= 15 is 0 Å². The summed E-state index contributed by atoms with van der Waals surface area (Å²) in [6.45, 7) is 4.06. The van der Waals surface area contributed by atoms with Gasteiger partial charge in [0.2, 0.25) is 0 Å². The summed E-state index contributed by atoms with van der Waals surface area (Å²) in [5.41, 5.74) is 1.06. The van der Waals surface area contributed by atoms with Crippen molar-refractivity contribution in [3.8, 4) is 0 Å².